The maximum atomic E-state index is 14.1. The predicted octanol–water partition coefficient (Wildman–Crippen LogP) is 3.54. The van der Waals surface area contributed by atoms with Crippen molar-refractivity contribution in [2.75, 3.05) is 18.8 Å². The Morgan fingerprint density at radius 2 is 1.76 bits per heavy atom. The molecule has 152 valence electrons. The van der Waals surface area contributed by atoms with E-state index in [4.69, 9.17) is 0 Å². The first-order valence-corrected chi connectivity index (χ1v) is 10.5. The standard InChI is InChI=1S/C22H23FN2O3S/c1-15(26)17-7-8-20(19(23)13-17)29-14-21(27)25-11-9-18(10-12-25)24-22(28)16-5-3-2-4-6-16/h2-8,13,18H,9-12,14H2,1H3,(H,24,28). The first kappa shape index (κ1) is 21.0. The van der Waals surface area contributed by atoms with Crippen LogP contribution in [0.15, 0.2) is 53.4 Å². The monoisotopic (exact) mass is 414 g/mol. The molecule has 3 rings (SSSR count). The number of ketones is 1. The van der Waals surface area contributed by atoms with Crippen LogP contribution in [0.5, 0.6) is 0 Å². The van der Waals surface area contributed by atoms with Gasteiger partial charge in [-0.05, 0) is 44.0 Å². The third-order valence-corrected chi connectivity index (χ3v) is 5.94. The third kappa shape index (κ3) is 5.67. The van der Waals surface area contributed by atoms with Gasteiger partial charge < -0.3 is 10.2 Å². The van der Waals surface area contributed by atoms with Gasteiger partial charge in [-0.15, -0.1) is 11.8 Å². The Bertz CT molecular complexity index is 896. The molecule has 0 atom stereocenters. The van der Waals surface area contributed by atoms with Gasteiger partial charge in [0.2, 0.25) is 5.91 Å². The second-order valence-electron chi connectivity index (χ2n) is 6.98. The summed E-state index contributed by atoms with van der Waals surface area (Å²) < 4.78 is 14.1. The van der Waals surface area contributed by atoms with Gasteiger partial charge in [-0.25, -0.2) is 4.39 Å². The lowest BCUT2D eigenvalue weighted by molar-refractivity contribution is -0.129. The van der Waals surface area contributed by atoms with Gasteiger partial charge in [0.15, 0.2) is 5.78 Å². The number of hydrogen-bond donors (Lipinski definition) is 1. The number of amides is 2. The molecule has 0 spiro atoms. The highest BCUT2D eigenvalue weighted by atomic mass is 32.2. The van der Waals surface area contributed by atoms with Crippen molar-refractivity contribution in [2.24, 2.45) is 0 Å². The highest BCUT2D eigenvalue weighted by Crippen LogP contribution is 2.24. The highest BCUT2D eigenvalue weighted by Gasteiger charge is 2.24. The number of thioether (sulfide) groups is 1. The molecule has 0 bridgehead atoms. The Balaban J connectivity index is 1.45. The van der Waals surface area contributed by atoms with Crippen LogP contribution in [0.3, 0.4) is 0 Å². The minimum Gasteiger partial charge on any atom is -0.349 e. The van der Waals surface area contributed by atoms with Crippen LogP contribution in [-0.2, 0) is 4.79 Å². The summed E-state index contributed by atoms with van der Waals surface area (Å²) in [6.07, 6.45) is 1.38. The van der Waals surface area contributed by atoms with Gasteiger partial charge in [-0.2, -0.15) is 0 Å². The van der Waals surface area contributed by atoms with Crippen molar-refractivity contribution in [1.29, 1.82) is 0 Å². The Morgan fingerprint density at radius 3 is 2.38 bits per heavy atom. The molecule has 5 nitrogen and oxygen atoms in total. The van der Waals surface area contributed by atoms with Crippen molar-refractivity contribution in [2.45, 2.75) is 30.7 Å². The van der Waals surface area contributed by atoms with Gasteiger partial charge in [0.25, 0.3) is 5.91 Å². The molecule has 1 heterocycles. The number of nitrogens with zero attached hydrogens (tertiary/aromatic N) is 1. The zero-order chi connectivity index (χ0) is 20.8. The molecule has 2 amide bonds. The first-order valence-electron chi connectivity index (χ1n) is 9.51. The van der Waals surface area contributed by atoms with Gasteiger partial charge in [-0.1, -0.05) is 24.3 Å². The average Bonchev–Trinajstić information content (AvgIpc) is 2.73. The lowest BCUT2D eigenvalue weighted by atomic mass is 10.0. The molecule has 1 fully saturated rings. The summed E-state index contributed by atoms with van der Waals surface area (Å²) in [6, 6.07) is 13.4. The summed E-state index contributed by atoms with van der Waals surface area (Å²) in [6.45, 7) is 2.51. The van der Waals surface area contributed by atoms with Crippen LogP contribution in [0.1, 0.15) is 40.5 Å². The molecule has 2 aromatic rings. The third-order valence-electron chi connectivity index (χ3n) is 4.91. The van der Waals surface area contributed by atoms with Crippen LogP contribution >= 0.6 is 11.8 Å². The molecule has 2 aromatic carbocycles. The highest BCUT2D eigenvalue weighted by molar-refractivity contribution is 8.00. The van der Waals surface area contributed by atoms with E-state index < -0.39 is 5.82 Å². The molecule has 7 heteroatoms. The van der Waals surface area contributed by atoms with Gasteiger partial charge in [0, 0.05) is 35.2 Å². The van der Waals surface area contributed by atoms with Crippen LogP contribution in [0.2, 0.25) is 0 Å². The molecule has 1 saturated heterocycles. The zero-order valence-electron chi connectivity index (χ0n) is 16.2. The number of rotatable bonds is 6. The second kappa shape index (κ2) is 9.69. The van der Waals surface area contributed by atoms with E-state index in [0.717, 1.165) is 11.8 Å². The molecule has 0 unspecified atom stereocenters. The number of nitrogens with one attached hydrogen (secondary N) is 1. The maximum Gasteiger partial charge on any atom is 0.251 e. The summed E-state index contributed by atoms with van der Waals surface area (Å²) in [5.41, 5.74) is 0.943. The quantitative estimate of drug-likeness (QED) is 0.580. The minimum atomic E-state index is -0.488. The molecular formula is C22H23FN2O3S. The average molecular weight is 415 g/mol. The van der Waals surface area contributed by atoms with Gasteiger partial charge in [0.05, 0.1) is 5.75 Å². The van der Waals surface area contributed by atoms with Crippen LogP contribution in [0.4, 0.5) is 4.39 Å². The zero-order valence-corrected chi connectivity index (χ0v) is 17.0. The van der Waals surface area contributed by atoms with Crippen molar-refractivity contribution < 1.29 is 18.8 Å². The van der Waals surface area contributed by atoms with E-state index in [9.17, 15) is 18.8 Å². The number of Topliss-reactive ketones (excluding diaryl/α,β-unsaturated/α-hetero) is 1. The van der Waals surface area contributed by atoms with E-state index in [-0.39, 0.29) is 29.4 Å². The number of hydrogen-bond acceptors (Lipinski definition) is 4. The fraction of sp³-hybridized carbons (Fsp3) is 0.318. The van der Waals surface area contributed by atoms with Crippen molar-refractivity contribution in [3.63, 3.8) is 0 Å². The molecule has 0 aliphatic carbocycles. The maximum absolute atomic E-state index is 14.1. The number of likely N-dealkylation sites (tertiary alicyclic amines) is 1. The topological polar surface area (TPSA) is 66.5 Å². The normalized spacial score (nSPS) is 14.5. The smallest absolute Gasteiger partial charge is 0.251 e. The van der Waals surface area contributed by atoms with Crippen LogP contribution < -0.4 is 5.32 Å². The fourth-order valence-electron chi connectivity index (χ4n) is 3.20. The van der Waals surface area contributed by atoms with Gasteiger partial charge in [-0.3, -0.25) is 14.4 Å². The lowest BCUT2D eigenvalue weighted by Crippen LogP contribution is -2.47. The second-order valence-corrected chi connectivity index (χ2v) is 8.00. The number of piperidine rings is 1. The summed E-state index contributed by atoms with van der Waals surface area (Å²) in [7, 11) is 0. The van der Waals surface area contributed by atoms with Crippen molar-refractivity contribution in [3.8, 4) is 0 Å². The summed E-state index contributed by atoms with van der Waals surface area (Å²) in [5, 5.41) is 3.02. The van der Waals surface area contributed by atoms with E-state index in [1.807, 2.05) is 18.2 Å². The Kier molecular flexibility index (Phi) is 7.04. The number of carbonyl (C=O) groups excluding carboxylic acids is 3. The SMILES string of the molecule is CC(=O)c1ccc(SCC(=O)N2CCC(NC(=O)c3ccccc3)CC2)c(F)c1. The van der Waals surface area contributed by atoms with E-state index in [1.165, 1.54) is 19.1 Å². The van der Waals surface area contributed by atoms with Crippen LogP contribution in [-0.4, -0.2) is 47.4 Å². The Morgan fingerprint density at radius 1 is 1.07 bits per heavy atom. The van der Waals surface area contributed by atoms with E-state index in [0.29, 0.717) is 42.0 Å². The summed E-state index contributed by atoms with van der Waals surface area (Å²) in [5.74, 6) is -0.706. The molecule has 1 aliphatic rings. The van der Waals surface area contributed by atoms with E-state index >= 15 is 0 Å². The minimum absolute atomic E-state index is 0.0379. The lowest BCUT2D eigenvalue weighted by Gasteiger charge is -2.32. The van der Waals surface area contributed by atoms with Crippen molar-refractivity contribution in [3.05, 3.63) is 65.5 Å². The van der Waals surface area contributed by atoms with Crippen LogP contribution in [0, 0.1) is 5.82 Å². The Labute approximate surface area is 173 Å². The summed E-state index contributed by atoms with van der Waals surface area (Å²) in [4.78, 5) is 38.1. The molecule has 1 N–H and O–H groups in total. The van der Waals surface area contributed by atoms with Crippen molar-refractivity contribution in [1.82, 2.24) is 10.2 Å². The molecule has 29 heavy (non-hydrogen) atoms. The number of halogens is 1. The molecule has 0 saturated carbocycles. The molecular weight excluding hydrogens is 391 g/mol. The van der Waals surface area contributed by atoms with E-state index in [1.54, 1.807) is 23.1 Å². The summed E-state index contributed by atoms with van der Waals surface area (Å²) >= 11 is 1.13. The van der Waals surface area contributed by atoms with Crippen molar-refractivity contribution >= 4 is 29.4 Å². The molecule has 0 aromatic heterocycles. The first-order chi connectivity index (χ1) is 13.9. The largest absolute Gasteiger partial charge is 0.349 e. The molecule has 1 aliphatic heterocycles. The van der Waals surface area contributed by atoms with Crippen LogP contribution in [0.25, 0.3) is 0 Å². The number of benzene rings is 2. The van der Waals surface area contributed by atoms with E-state index in [2.05, 4.69) is 5.32 Å². The Hall–Kier alpha value is -2.67. The van der Waals surface area contributed by atoms with Gasteiger partial charge in [0.1, 0.15) is 5.82 Å². The molecule has 0 radical (unpaired) electrons. The number of carbonyl (C=O) groups is 3. The fourth-order valence-corrected chi connectivity index (χ4v) is 4.02. The predicted molar refractivity (Wildman–Crippen MR) is 111 cm³/mol. The van der Waals surface area contributed by atoms with Gasteiger partial charge >= 0.3 is 0 Å².